The number of aryl methyl sites for hydroxylation is 1. The van der Waals surface area contributed by atoms with Crippen LogP contribution in [-0.4, -0.2) is 24.3 Å². The normalized spacial score (nSPS) is 13.2. The van der Waals surface area contributed by atoms with Gasteiger partial charge in [-0.1, -0.05) is 19.1 Å². The van der Waals surface area contributed by atoms with Gasteiger partial charge in [-0.15, -0.1) is 0 Å². The molecule has 0 radical (unpaired) electrons. The number of fused-ring (bicyclic) bond motifs is 1. The Bertz CT molecular complexity index is 807. The fraction of sp³-hybridized carbons (Fsp3) is 0.211. The van der Waals surface area contributed by atoms with Crippen molar-refractivity contribution in [2.75, 3.05) is 11.4 Å². The van der Waals surface area contributed by atoms with E-state index in [0.717, 1.165) is 6.42 Å². The lowest BCUT2D eigenvalue weighted by Crippen LogP contribution is -2.30. The van der Waals surface area contributed by atoms with Gasteiger partial charge in [0, 0.05) is 12.1 Å². The fourth-order valence-electron chi connectivity index (χ4n) is 2.80. The van der Waals surface area contributed by atoms with Gasteiger partial charge in [-0.3, -0.25) is 14.4 Å². The van der Waals surface area contributed by atoms with Gasteiger partial charge in [0.25, 0.3) is 17.7 Å². The van der Waals surface area contributed by atoms with Gasteiger partial charge in [0.1, 0.15) is 0 Å². The second-order valence-electron chi connectivity index (χ2n) is 5.75. The molecule has 0 bridgehead atoms. The minimum Gasteiger partial charge on any atom is -0.352 e. The molecule has 5 nitrogen and oxygen atoms in total. The van der Waals surface area contributed by atoms with Crippen LogP contribution in [0.1, 0.15) is 50.0 Å². The van der Waals surface area contributed by atoms with E-state index in [2.05, 4.69) is 5.32 Å². The predicted molar refractivity (Wildman–Crippen MR) is 91.4 cm³/mol. The van der Waals surface area contributed by atoms with Crippen LogP contribution in [0.2, 0.25) is 0 Å². The SMILES string of the molecule is CCCNC(=O)c1ccc(N2C(=O)c3ccccc3C2=O)c(C)c1. The molecule has 0 saturated carbocycles. The maximum atomic E-state index is 12.5. The average molecular weight is 322 g/mol. The molecule has 0 aromatic heterocycles. The summed E-state index contributed by atoms with van der Waals surface area (Å²) < 4.78 is 0. The summed E-state index contributed by atoms with van der Waals surface area (Å²) in [7, 11) is 0. The minimum absolute atomic E-state index is 0.158. The number of imide groups is 1. The number of anilines is 1. The highest BCUT2D eigenvalue weighted by Gasteiger charge is 2.36. The molecule has 1 N–H and O–H groups in total. The summed E-state index contributed by atoms with van der Waals surface area (Å²) in [4.78, 5) is 38.3. The van der Waals surface area contributed by atoms with E-state index in [1.165, 1.54) is 4.90 Å². The van der Waals surface area contributed by atoms with Gasteiger partial charge in [0.2, 0.25) is 0 Å². The van der Waals surface area contributed by atoms with Gasteiger partial charge in [0.05, 0.1) is 16.8 Å². The van der Waals surface area contributed by atoms with E-state index < -0.39 is 0 Å². The third kappa shape index (κ3) is 2.58. The molecule has 2 aromatic carbocycles. The number of carbonyl (C=O) groups excluding carboxylic acids is 3. The molecular formula is C19H18N2O3. The number of carbonyl (C=O) groups is 3. The summed E-state index contributed by atoms with van der Waals surface area (Å²) in [5.41, 5.74) is 2.54. The van der Waals surface area contributed by atoms with E-state index in [4.69, 9.17) is 0 Å². The van der Waals surface area contributed by atoms with Gasteiger partial charge >= 0.3 is 0 Å². The summed E-state index contributed by atoms with van der Waals surface area (Å²) >= 11 is 0. The van der Waals surface area contributed by atoms with Crippen molar-refractivity contribution in [1.82, 2.24) is 5.32 Å². The molecule has 0 aliphatic carbocycles. The zero-order valence-electron chi connectivity index (χ0n) is 13.6. The van der Waals surface area contributed by atoms with Crippen LogP contribution >= 0.6 is 0 Å². The fourth-order valence-corrected chi connectivity index (χ4v) is 2.80. The largest absolute Gasteiger partial charge is 0.352 e. The number of hydrogen-bond donors (Lipinski definition) is 1. The topological polar surface area (TPSA) is 66.5 Å². The van der Waals surface area contributed by atoms with E-state index in [1.807, 2.05) is 6.92 Å². The third-order valence-electron chi connectivity index (χ3n) is 4.03. The average Bonchev–Trinajstić information content (AvgIpc) is 2.84. The molecule has 3 amide bonds. The molecule has 0 atom stereocenters. The Morgan fingerprint density at radius 2 is 1.67 bits per heavy atom. The Balaban J connectivity index is 1.93. The number of benzene rings is 2. The van der Waals surface area contributed by atoms with Crippen LogP contribution in [0, 0.1) is 6.92 Å². The second-order valence-corrected chi connectivity index (χ2v) is 5.75. The zero-order valence-corrected chi connectivity index (χ0v) is 13.6. The maximum Gasteiger partial charge on any atom is 0.266 e. The van der Waals surface area contributed by atoms with Gasteiger partial charge in [-0.05, 0) is 49.2 Å². The number of nitrogens with one attached hydrogen (secondary N) is 1. The van der Waals surface area contributed by atoms with E-state index in [0.29, 0.717) is 34.5 Å². The quantitative estimate of drug-likeness (QED) is 0.880. The Kier molecular flexibility index (Phi) is 4.16. The number of hydrogen-bond acceptors (Lipinski definition) is 3. The van der Waals surface area contributed by atoms with Crippen molar-refractivity contribution in [1.29, 1.82) is 0 Å². The lowest BCUT2D eigenvalue weighted by Gasteiger charge is -2.17. The van der Waals surface area contributed by atoms with Crippen molar-refractivity contribution >= 4 is 23.4 Å². The Morgan fingerprint density at radius 1 is 1.04 bits per heavy atom. The van der Waals surface area contributed by atoms with Crippen molar-refractivity contribution in [2.45, 2.75) is 20.3 Å². The van der Waals surface area contributed by atoms with Gasteiger partial charge in [-0.25, -0.2) is 4.90 Å². The molecule has 122 valence electrons. The highest BCUT2D eigenvalue weighted by atomic mass is 16.2. The monoisotopic (exact) mass is 322 g/mol. The molecule has 1 heterocycles. The Labute approximate surface area is 140 Å². The molecule has 0 saturated heterocycles. The summed E-state index contributed by atoms with van der Waals surface area (Å²) in [5.74, 6) is -0.822. The molecule has 0 spiro atoms. The summed E-state index contributed by atoms with van der Waals surface area (Å²) in [6.07, 6.45) is 0.859. The van der Waals surface area contributed by atoms with Gasteiger partial charge < -0.3 is 5.32 Å². The van der Waals surface area contributed by atoms with E-state index in [-0.39, 0.29) is 17.7 Å². The van der Waals surface area contributed by atoms with Crippen LogP contribution < -0.4 is 10.2 Å². The summed E-state index contributed by atoms with van der Waals surface area (Å²) in [5, 5.41) is 2.81. The maximum absolute atomic E-state index is 12.5. The second kappa shape index (κ2) is 6.28. The first-order chi connectivity index (χ1) is 11.5. The number of rotatable bonds is 4. The highest BCUT2D eigenvalue weighted by molar-refractivity contribution is 6.34. The summed E-state index contributed by atoms with van der Waals surface area (Å²) in [6.45, 7) is 4.38. The Morgan fingerprint density at radius 3 is 2.21 bits per heavy atom. The van der Waals surface area contributed by atoms with Crippen LogP contribution in [0.4, 0.5) is 5.69 Å². The number of nitrogens with zero attached hydrogens (tertiary/aromatic N) is 1. The molecule has 1 aliphatic rings. The first-order valence-electron chi connectivity index (χ1n) is 7.91. The van der Waals surface area contributed by atoms with Crippen molar-refractivity contribution in [2.24, 2.45) is 0 Å². The van der Waals surface area contributed by atoms with Crippen LogP contribution in [0.3, 0.4) is 0 Å². The smallest absolute Gasteiger partial charge is 0.266 e. The minimum atomic E-state index is -0.332. The zero-order chi connectivity index (χ0) is 17.3. The molecule has 2 aromatic rings. The van der Waals surface area contributed by atoms with Crippen molar-refractivity contribution in [3.05, 3.63) is 64.7 Å². The highest BCUT2D eigenvalue weighted by Crippen LogP contribution is 2.30. The van der Waals surface area contributed by atoms with Crippen LogP contribution in [0.5, 0.6) is 0 Å². The summed E-state index contributed by atoms with van der Waals surface area (Å²) in [6, 6.07) is 11.8. The lowest BCUT2D eigenvalue weighted by molar-refractivity contribution is 0.0923. The first-order valence-corrected chi connectivity index (χ1v) is 7.91. The molecule has 0 fully saturated rings. The van der Waals surface area contributed by atoms with E-state index in [9.17, 15) is 14.4 Å². The molecule has 0 unspecified atom stereocenters. The molecule has 24 heavy (non-hydrogen) atoms. The van der Waals surface area contributed by atoms with Gasteiger partial charge in [-0.2, -0.15) is 0 Å². The molecule has 5 heteroatoms. The standard InChI is InChI=1S/C19H18N2O3/c1-3-10-20-17(22)13-8-9-16(12(2)11-13)21-18(23)14-6-4-5-7-15(14)19(21)24/h4-9,11H,3,10H2,1-2H3,(H,20,22). The third-order valence-corrected chi connectivity index (χ3v) is 4.03. The number of amides is 3. The predicted octanol–water partition coefficient (Wildman–Crippen LogP) is 2.94. The molecular weight excluding hydrogens is 304 g/mol. The van der Waals surface area contributed by atoms with Crippen LogP contribution in [-0.2, 0) is 0 Å². The first kappa shape index (κ1) is 15.9. The lowest BCUT2D eigenvalue weighted by atomic mass is 10.1. The van der Waals surface area contributed by atoms with Crippen molar-refractivity contribution < 1.29 is 14.4 Å². The molecule has 3 rings (SSSR count). The van der Waals surface area contributed by atoms with Crippen LogP contribution in [0.15, 0.2) is 42.5 Å². The van der Waals surface area contributed by atoms with E-state index in [1.54, 1.807) is 49.4 Å². The van der Waals surface area contributed by atoms with Crippen LogP contribution in [0.25, 0.3) is 0 Å². The van der Waals surface area contributed by atoms with E-state index >= 15 is 0 Å². The van der Waals surface area contributed by atoms with Crippen molar-refractivity contribution in [3.63, 3.8) is 0 Å². The van der Waals surface area contributed by atoms with Crippen molar-refractivity contribution in [3.8, 4) is 0 Å². The van der Waals surface area contributed by atoms with Gasteiger partial charge in [0.15, 0.2) is 0 Å². The molecule has 1 aliphatic heterocycles. The Hall–Kier alpha value is -2.95.